The molecule has 0 bridgehead atoms. The zero-order chi connectivity index (χ0) is 14.4. The van der Waals surface area contributed by atoms with Gasteiger partial charge in [-0.2, -0.15) is 0 Å². The largest absolute Gasteiger partial charge is 0.383 e. The minimum absolute atomic E-state index is 0.120. The number of aliphatic hydroxyl groups is 1. The van der Waals surface area contributed by atoms with Crippen molar-refractivity contribution in [2.45, 2.75) is 30.7 Å². The zero-order valence-electron chi connectivity index (χ0n) is 11.0. The van der Waals surface area contributed by atoms with Crippen LogP contribution in [0.25, 0.3) is 6.08 Å². The normalized spacial score (nSPS) is 35.4. The molecule has 104 valence electrons. The summed E-state index contributed by atoms with van der Waals surface area (Å²) >= 11 is 5.83. The maximum absolute atomic E-state index is 12.0. The number of halogens is 1. The van der Waals surface area contributed by atoms with Gasteiger partial charge in [-0.1, -0.05) is 36.7 Å². The number of ketones is 1. The van der Waals surface area contributed by atoms with E-state index in [-0.39, 0.29) is 5.78 Å². The Bertz CT molecular complexity index is 605. The molecule has 1 aromatic rings. The molecule has 1 aliphatic carbocycles. The minimum atomic E-state index is -1.06. The summed E-state index contributed by atoms with van der Waals surface area (Å²) in [5, 5.41) is 11.1. The summed E-state index contributed by atoms with van der Waals surface area (Å²) < 4.78 is 5.55. The van der Waals surface area contributed by atoms with Crippen LogP contribution in [-0.2, 0) is 9.53 Å². The Balaban J connectivity index is 1.86. The van der Waals surface area contributed by atoms with Gasteiger partial charge >= 0.3 is 0 Å². The molecule has 1 heterocycles. The number of hydrogen-bond donors (Lipinski definition) is 1. The van der Waals surface area contributed by atoms with E-state index in [0.29, 0.717) is 11.4 Å². The fourth-order valence-corrected chi connectivity index (χ4v) is 2.69. The Morgan fingerprint density at radius 1 is 1.40 bits per heavy atom. The average molecular weight is 291 g/mol. The Kier molecular flexibility index (Phi) is 3.09. The predicted molar refractivity (Wildman–Crippen MR) is 77.5 cm³/mol. The molecule has 3 atom stereocenters. The molecule has 0 radical (unpaired) electrons. The zero-order valence-corrected chi connectivity index (χ0v) is 11.8. The van der Waals surface area contributed by atoms with Crippen molar-refractivity contribution in [3.8, 4) is 0 Å². The van der Waals surface area contributed by atoms with E-state index in [1.165, 1.54) is 6.08 Å². The van der Waals surface area contributed by atoms with Crippen LogP contribution in [-0.4, -0.2) is 28.2 Å². The van der Waals surface area contributed by atoms with Crippen molar-refractivity contribution in [3.63, 3.8) is 0 Å². The van der Waals surface area contributed by atoms with Crippen LogP contribution < -0.4 is 0 Å². The van der Waals surface area contributed by atoms with Gasteiger partial charge in [0.15, 0.2) is 11.4 Å². The second-order valence-corrected chi connectivity index (χ2v) is 5.65. The van der Waals surface area contributed by atoms with Crippen LogP contribution in [0.2, 0.25) is 5.02 Å². The standard InChI is InChI=1S/C16H15ClO3/c1-2-15(19)9-8-13(18)16(14(15)20-16)10-7-11-3-5-12(17)6-4-11/h3-10,14,19H,2H2,1H3/b10-7+/t14-,15-,16+/m1/s1. The second kappa shape index (κ2) is 4.55. The Hall–Kier alpha value is -1.42. The van der Waals surface area contributed by atoms with E-state index in [4.69, 9.17) is 16.3 Å². The smallest absolute Gasteiger partial charge is 0.194 e. The molecule has 0 saturated carbocycles. The van der Waals surface area contributed by atoms with E-state index in [0.717, 1.165) is 5.56 Å². The van der Waals surface area contributed by atoms with Gasteiger partial charge in [-0.05, 0) is 42.3 Å². The van der Waals surface area contributed by atoms with Crippen LogP contribution in [0.5, 0.6) is 0 Å². The Morgan fingerprint density at radius 3 is 2.75 bits per heavy atom. The van der Waals surface area contributed by atoms with Gasteiger partial charge in [-0.15, -0.1) is 0 Å². The van der Waals surface area contributed by atoms with Crippen LogP contribution >= 0.6 is 11.6 Å². The molecule has 0 aromatic heterocycles. The highest BCUT2D eigenvalue weighted by molar-refractivity contribution is 6.30. The number of epoxide rings is 1. The second-order valence-electron chi connectivity index (χ2n) is 5.22. The summed E-state index contributed by atoms with van der Waals surface area (Å²) in [6, 6.07) is 7.30. The molecule has 3 rings (SSSR count). The summed E-state index contributed by atoms with van der Waals surface area (Å²) in [6.45, 7) is 1.87. The lowest BCUT2D eigenvalue weighted by atomic mass is 9.80. The van der Waals surface area contributed by atoms with E-state index in [9.17, 15) is 9.90 Å². The van der Waals surface area contributed by atoms with Crippen LogP contribution in [0.4, 0.5) is 0 Å². The molecule has 2 aliphatic rings. The fourth-order valence-electron chi connectivity index (χ4n) is 2.57. The van der Waals surface area contributed by atoms with Gasteiger partial charge in [-0.3, -0.25) is 4.79 Å². The number of hydrogen-bond acceptors (Lipinski definition) is 3. The lowest BCUT2D eigenvalue weighted by Gasteiger charge is -2.24. The summed E-state index contributed by atoms with van der Waals surface area (Å²) in [5.74, 6) is -0.120. The van der Waals surface area contributed by atoms with Crippen molar-refractivity contribution in [2.24, 2.45) is 0 Å². The summed E-state index contributed by atoms with van der Waals surface area (Å²) in [7, 11) is 0. The molecule has 0 spiro atoms. The fraction of sp³-hybridized carbons (Fsp3) is 0.312. The predicted octanol–water partition coefficient (Wildman–Crippen LogP) is 2.77. The number of rotatable bonds is 3. The van der Waals surface area contributed by atoms with Gasteiger partial charge in [0.2, 0.25) is 0 Å². The highest BCUT2D eigenvalue weighted by atomic mass is 35.5. The van der Waals surface area contributed by atoms with Crippen LogP contribution in [0.1, 0.15) is 18.9 Å². The third kappa shape index (κ3) is 2.03. The van der Waals surface area contributed by atoms with Crippen molar-refractivity contribution in [1.82, 2.24) is 0 Å². The first-order valence-corrected chi connectivity index (χ1v) is 6.97. The van der Waals surface area contributed by atoms with E-state index in [2.05, 4.69) is 0 Å². The third-order valence-electron chi connectivity index (χ3n) is 3.97. The van der Waals surface area contributed by atoms with Crippen LogP contribution in [0.3, 0.4) is 0 Å². The first-order chi connectivity index (χ1) is 9.50. The highest BCUT2D eigenvalue weighted by Gasteiger charge is 2.68. The molecule has 0 unspecified atom stereocenters. The van der Waals surface area contributed by atoms with Gasteiger partial charge in [0.05, 0.1) is 0 Å². The highest BCUT2D eigenvalue weighted by Crippen LogP contribution is 2.50. The molecule has 1 fully saturated rings. The van der Waals surface area contributed by atoms with Gasteiger partial charge in [0.25, 0.3) is 0 Å². The van der Waals surface area contributed by atoms with Crippen LogP contribution in [0.15, 0.2) is 42.5 Å². The molecule has 1 saturated heterocycles. The van der Waals surface area contributed by atoms with Gasteiger partial charge in [0, 0.05) is 5.02 Å². The molecule has 0 amide bonds. The molecular formula is C16H15ClO3. The van der Waals surface area contributed by atoms with E-state index >= 15 is 0 Å². The molecule has 3 nitrogen and oxygen atoms in total. The topological polar surface area (TPSA) is 49.8 Å². The van der Waals surface area contributed by atoms with Gasteiger partial charge in [0.1, 0.15) is 11.7 Å². The SMILES string of the molecule is CC[C@@]1(O)C=CC(=O)[C@]2(/C=C/c3ccc(Cl)cc3)O[C@@H]21. The number of ether oxygens (including phenoxy) is 1. The van der Waals surface area contributed by atoms with E-state index in [1.54, 1.807) is 24.3 Å². The van der Waals surface area contributed by atoms with E-state index < -0.39 is 17.3 Å². The Morgan fingerprint density at radius 2 is 2.10 bits per heavy atom. The minimum Gasteiger partial charge on any atom is -0.383 e. The average Bonchev–Trinajstić information content (AvgIpc) is 3.21. The number of fused-ring (bicyclic) bond motifs is 1. The molecule has 1 aromatic carbocycles. The lowest BCUT2D eigenvalue weighted by molar-refractivity contribution is -0.118. The quantitative estimate of drug-likeness (QED) is 0.871. The van der Waals surface area contributed by atoms with Crippen molar-refractivity contribution in [3.05, 3.63) is 53.1 Å². The summed E-state index contributed by atoms with van der Waals surface area (Å²) in [6.07, 6.45) is 6.54. The monoisotopic (exact) mass is 290 g/mol. The van der Waals surface area contributed by atoms with E-state index in [1.807, 2.05) is 25.1 Å². The molecule has 1 aliphatic heterocycles. The van der Waals surface area contributed by atoms with Gasteiger partial charge < -0.3 is 9.84 Å². The number of carbonyl (C=O) groups excluding carboxylic acids is 1. The molecule has 4 heteroatoms. The van der Waals surface area contributed by atoms with Crippen LogP contribution in [0, 0.1) is 0 Å². The summed E-state index contributed by atoms with van der Waals surface area (Å²) in [4.78, 5) is 12.0. The van der Waals surface area contributed by atoms with Gasteiger partial charge in [-0.25, -0.2) is 0 Å². The number of carbonyl (C=O) groups is 1. The maximum Gasteiger partial charge on any atom is 0.194 e. The van der Waals surface area contributed by atoms with Crippen molar-refractivity contribution >= 4 is 23.5 Å². The Labute approximate surface area is 122 Å². The number of benzene rings is 1. The first-order valence-electron chi connectivity index (χ1n) is 6.59. The summed E-state index contributed by atoms with van der Waals surface area (Å²) in [5.41, 5.74) is -1.13. The maximum atomic E-state index is 12.0. The molecular weight excluding hydrogens is 276 g/mol. The molecule has 20 heavy (non-hydrogen) atoms. The van der Waals surface area contributed by atoms with Crippen molar-refractivity contribution in [1.29, 1.82) is 0 Å². The van der Waals surface area contributed by atoms with Crippen molar-refractivity contribution in [2.75, 3.05) is 0 Å². The molecule has 1 N–H and O–H groups in total. The first kappa shape index (κ1) is 13.6. The lowest BCUT2D eigenvalue weighted by Crippen LogP contribution is -2.42. The third-order valence-corrected chi connectivity index (χ3v) is 4.22. The van der Waals surface area contributed by atoms with Crippen molar-refractivity contribution < 1.29 is 14.6 Å².